The van der Waals surface area contributed by atoms with Crippen LogP contribution in [0.4, 0.5) is 10.2 Å². The second-order valence-electron chi connectivity index (χ2n) is 7.77. The zero-order valence-electron chi connectivity index (χ0n) is 15.9. The van der Waals surface area contributed by atoms with Gasteiger partial charge in [0.1, 0.15) is 12.1 Å². The summed E-state index contributed by atoms with van der Waals surface area (Å²) in [7, 11) is -2.26. The molecule has 8 nitrogen and oxygen atoms in total. The van der Waals surface area contributed by atoms with Crippen LogP contribution in [-0.2, 0) is 10.2 Å². The van der Waals surface area contributed by atoms with Gasteiger partial charge in [-0.3, -0.25) is 0 Å². The van der Waals surface area contributed by atoms with Crippen molar-refractivity contribution in [2.24, 2.45) is 10.6 Å². The topological polar surface area (TPSA) is 102 Å². The fraction of sp³-hybridized carbons (Fsp3) is 0.556. The predicted octanol–water partition coefficient (Wildman–Crippen LogP) is 1.66. The fourth-order valence-corrected chi connectivity index (χ4v) is 5.51. The Bertz CT molecular complexity index is 1000. The molecule has 1 aliphatic heterocycles. The lowest BCUT2D eigenvalue weighted by atomic mass is 9.60. The van der Waals surface area contributed by atoms with Gasteiger partial charge in [0.25, 0.3) is 10.2 Å². The molecule has 0 radical (unpaired) electrons. The summed E-state index contributed by atoms with van der Waals surface area (Å²) in [5.74, 6) is 0.393. The maximum atomic E-state index is 14.2. The van der Waals surface area contributed by atoms with Gasteiger partial charge in [-0.1, -0.05) is 6.92 Å². The molecule has 1 aromatic carbocycles. The van der Waals surface area contributed by atoms with E-state index in [1.54, 1.807) is 6.07 Å². The van der Waals surface area contributed by atoms with Gasteiger partial charge in [0, 0.05) is 42.5 Å². The van der Waals surface area contributed by atoms with E-state index in [4.69, 9.17) is 9.88 Å². The van der Waals surface area contributed by atoms with E-state index < -0.39 is 16.0 Å². The van der Waals surface area contributed by atoms with Gasteiger partial charge in [-0.15, -0.1) is 0 Å². The standard InChI is InChI=1S/C18H24FN5O3S/c1-3-4-24(28(20,25)26)12-7-18(8-12)9-23(10-18)17-13-5-14(19)16(27-2)6-15(13)21-11-22-17/h5-6,11-12H,3-4,7-10H2,1-2H3,(H2,20,25,26). The summed E-state index contributed by atoms with van der Waals surface area (Å²) >= 11 is 0. The van der Waals surface area contributed by atoms with Crippen LogP contribution in [0.2, 0.25) is 0 Å². The highest BCUT2D eigenvalue weighted by Crippen LogP contribution is 2.52. The molecule has 28 heavy (non-hydrogen) atoms. The van der Waals surface area contributed by atoms with E-state index in [9.17, 15) is 12.8 Å². The number of nitrogens with zero attached hydrogens (tertiary/aromatic N) is 4. The monoisotopic (exact) mass is 409 g/mol. The summed E-state index contributed by atoms with van der Waals surface area (Å²) in [6.45, 7) is 3.90. The molecule has 1 aliphatic carbocycles. The average Bonchev–Trinajstić information content (AvgIpc) is 2.57. The van der Waals surface area contributed by atoms with E-state index in [0.717, 1.165) is 32.4 Å². The molecule has 2 aliphatic rings. The number of hydrogen-bond donors (Lipinski definition) is 1. The Morgan fingerprint density at radius 1 is 1.36 bits per heavy atom. The predicted molar refractivity (Wildman–Crippen MR) is 104 cm³/mol. The smallest absolute Gasteiger partial charge is 0.277 e. The van der Waals surface area contributed by atoms with Gasteiger partial charge in [-0.2, -0.15) is 12.7 Å². The van der Waals surface area contributed by atoms with Crippen LogP contribution in [0.25, 0.3) is 10.9 Å². The van der Waals surface area contributed by atoms with E-state index in [0.29, 0.717) is 23.3 Å². The van der Waals surface area contributed by atoms with E-state index in [2.05, 4.69) is 14.9 Å². The summed E-state index contributed by atoms with van der Waals surface area (Å²) in [5, 5.41) is 6.01. The highest BCUT2D eigenvalue weighted by atomic mass is 32.2. The fourth-order valence-electron chi connectivity index (χ4n) is 4.51. The van der Waals surface area contributed by atoms with Crippen molar-refractivity contribution in [2.75, 3.05) is 31.6 Å². The number of anilines is 1. The number of aromatic nitrogens is 2. The highest BCUT2D eigenvalue weighted by Gasteiger charge is 2.55. The van der Waals surface area contributed by atoms with Crippen LogP contribution >= 0.6 is 0 Å². The zero-order chi connectivity index (χ0) is 20.1. The molecule has 0 amide bonds. The van der Waals surface area contributed by atoms with Crippen molar-refractivity contribution in [2.45, 2.75) is 32.2 Å². The Kier molecular flexibility index (Phi) is 4.67. The minimum absolute atomic E-state index is 0.0408. The van der Waals surface area contributed by atoms with Crippen molar-refractivity contribution in [3.8, 4) is 5.75 Å². The molecule has 0 unspecified atom stereocenters. The molecule has 1 aromatic heterocycles. The van der Waals surface area contributed by atoms with E-state index >= 15 is 0 Å². The van der Waals surface area contributed by atoms with Gasteiger partial charge in [0.2, 0.25) is 0 Å². The second-order valence-corrected chi connectivity index (χ2v) is 9.27. The van der Waals surface area contributed by atoms with Crippen molar-refractivity contribution in [3.05, 3.63) is 24.3 Å². The van der Waals surface area contributed by atoms with Crippen LogP contribution in [0, 0.1) is 11.2 Å². The molecular formula is C18H24FN5O3S. The SMILES string of the molecule is CCCN(C1CC2(C1)CN(c1ncnc3cc(OC)c(F)cc13)C2)S(N)(=O)=O. The van der Waals surface area contributed by atoms with Crippen molar-refractivity contribution in [1.82, 2.24) is 14.3 Å². The second kappa shape index (κ2) is 6.78. The zero-order valence-corrected chi connectivity index (χ0v) is 16.7. The largest absolute Gasteiger partial charge is 0.494 e. The molecule has 152 valence electrons. The molecule has 2 fully saturated rings. The van der Waals surface area contributed by atoms with E-state index in [1.165, 1.54) is 23.8 Å². The van der Waals surface area contributed by atoms with Crippen LogP contribution in [0.5, 0.6) is 5.75 Å². The first kappa shape index (κ1) is 19.3. The van der Waals surface area contributed by atoms with Crippen molar-refractivity contribution in [3.63, 3.8) is 0 Å². The summed E-state index contributed by atoms with van der Waals surface area (Å²) in [6, 6.07) is 2.93. The highest BCUT2D eigenvalue weighted by molar-refractivity contribution is 7.86. The van der Waals surface area contributed by atoms with Crippen LogP contribution in [0.15, 0.2) is 18.5 Å². The number of benzene rings is 1. The number of ether oxygens (including phenoxy) is 1. The number of hydrogen-bond acceptors (Lipinski definition) is 6. The Labute approximate surface area is 163 Å². The molecule has 1 spiro atoms. The Hall–Kier alpha value is -2.04. The molecule has 10 heteroatoms. The number of nitrogens with two attached hydrogens (primary N) is 1. The van der Waals surface area contributed by atoms with Crippen LogP contribution in [-0.4, -0.2) is 55.5 Å². The first-order valence-electron chi connectivity index (χ1n) is 9.29. The Balaban J connectivity index is 1.49. The normalized spacial score (nSPS) is 19.1. The molecular weight excluding hydrogens is 385 g/mol. The molecule has 2 heterocycles. The van der Waals surface area contributed by atoms with Gasteiger partial charge in [0.05, 0.1) is 12.6 Å². The van der Waals surface area contributed by atoms with Gasteiger partial charge in [0.15, 0.2) is 11.6 Å². The third-order valence-corrected chi connectivity index (χ3v) is 6.89. The van der Waals surface area contributed by atoms with E-state index in [-0.39, 0.29) is 17.2 Å². The number of methoxy groups -OCH3 is 1. The van der Waals surface area contributed by atoms with Gasteiger partial charge in [-0.25, -0.2) is 19.5 Å². The summed E-state index contributed by atoms with van der Waals surface area (Å²) < 4.78 is 44.2. The molecule has 2 N–H and O–H groups in total. The van der Waals surface area contributed by atoms with Gasteiger partial charge < -0.3 is 9.64 Å². The molecule has 2 aromatic rings. The molecule has 0 atom stereocenters. The van der Waals surface area contributed by atoms with Crippen molar-refractivity contribution < 1.29 is 17.5 Å². The number of halogens is 1. The lowest BCUT2D eigenvalue weighted by molar-refractivity contribution is 0.0134. The maximum Gasteiger partial charge on any atom is 0.277 e. The van der Waals surface area contributed by atoms with Crippen LogP contribution < -0.4 is 14.8 Å². The lowest BCUT2D eigenvalue weighted by Crippen LogP contribution is -2.67. The lowest BCUT2D eigenvalue weighted by Gasteiger charge is -2.60. The summed E-state index contributed by atoms with van der Waals surface area (Å²) in [5.41, 5.74) is 0.697. The minimum atomic E-state index is -3.68. The summed E-state index contributed by atoms with van der Waals surface area (Å²) in [6.07, 6.45) is 3.76. The first-order chi connectivity index (χ1) is 13.3. The van der Waals surface area contributed by atoms with Gasteiger partial charge >= 0.3 is 0 Å². The Morgan fingerprint density at radius 3 is 2.68 bits per heavy atom. The number of rotatable bonds is 6. The third-order valence-electron chi connectivity index (χ3n) is 5.76. The van der Waals surface area contributed by atoms with Crippen LogP contribution in [0.3, 0.4) is 0 Å². The first-order valence-corrected chi connectivity index (χ1v) is 10.8. The Morgan fingerprint density at radius 2 is 2.07 bits per heavy atom. The molecule has 4 rings (SSSR count). The van der Waals surface area contributed by atoms with E-state index in [1.807, 2.05) is 6.92 Å². The third kappa shape index (κ3) is 3.19. The molecule has 1 saturated heterocycles. The van der Waals surface area contributed by atoms with Gasteiger partial charge in [-0.05, 0) is 25.3 Å². The van der Waals surface area contributed by atoms with Crippen molar-refractivity contribution in [1.29, 1.82) is 0 Å². The minimum Gasteiger partial charge on any atom is -0.494 e. The quantitative estimate of drug-likeness (QED) is 0.779. The maximum absolute atomic E-state index is 14.2. The summed E-state index contributed by atoms with van der Waals surface area (Å²) in [4.78, 5) is 10.7. The van der Waals surface area contributed by atoms with Crippen molar-refractivity contribution >= 4 is 26.9 Å². The molecule has 0 bridgehead atoms. The average molecular weight is 409 g/mol. The van der Waals surface area contributed by atoms with Crippen LogP contribution in [0.1, 0.15) is 26.2 Å². The number of fused-ring (bicyclic) bond motifs is 1. The molecule has 1 saturated carbocycles.